The van der Waals surface area contributed by atoms with Gasteiger partial charge in [-0.1, -0.05) is 0 Å². The van der Waals surface area contributed by atoms with Gasteiger partial charge in [0.25, 0.3) is 5.91 Å². The van der Waals surface area contributed by atoms with Crippen LogP contribution < -0.4 is 0 Å². The van der Waals surface area contributed by atoms with Gasteiger partial charge in [0.15, 0.2) is 5.65 Å². The standard InChI is InChI=1S/C16H21N5O/c1-11-14-9-12(10-17-15(14)19(2)18-11)16(22)21-7-5-20(6-8-21)13-3-4-13/h9-10,13H,3-8H2,1-2H3. The molecular formula is C16H21N5O. The van der Waals surface area contributed by atoms with Crippen molar-refractivity contribution in [2.45, 2.75) is 25.8 Å². The Balaban J connectivity index is 1.53. The van der Waals surface area contributed by atoms with Crippen LogP contribution in [0.2, 0.25) is 0 Å². The first-order chi connectivity index (χ1) is 10.6. The van der Waals surface area contributed by atoms with Gasteiger partial charge in [-0.05, 0) is 25.8 Å². The molecule has 1 saturated carbocycles. The first-order valence-electron chi connectivity index (χ1n) is 7.96. The zero-order chi connectivity index (χ0) is 15.3. The van der Waals surface area contributed by atoms with Crippen molar-refractivity contribution in [3.05, 3.63) is 23.5 Å². The Bertz CT molecular complexity index is 725. The molecule has 0 atom stereocenters. The summed E-state index contributed by atoms with van der Waals surface area (Å²) in [5.74, 6) is 0.0908. The molecule has 2 aliphatic rings. The van der Waals surface area contributed by atoms with Gasteiger partial charge in [-0.3, -0.25) is 14.4 Å². The Morgan fingerprint density at radius 1 is 1.23 bits per heavy atom. The molecule has 0 N–H and O–H groups in total. The van der Waals surface area contributed by atoms with Crippen LogP contribution in [0, 0.1) is 6.92 Å². The molecule has 2 aromatic rings. The van der Waals surface area contributed by atoms with Gasteiger partial charge in [0.05, 0.1) is 11.3 Å². The average Bonchev–Trinajstić information content (AvgIpc) is 3.34. The molecule has 1 saturated heterocycles. The van der Waals surface area contributed by atoms with Crippen LogP contribution in [0.4, 0.5) is 0 Å². The third-order valence-corrected chi connectivity index (χ3v) is 4.77. The second-order valence-corrected chi connectivity index (χ2v) is 6.36. The maximum atomic E-state index is 12.7. The summed E-state index contributed by atoms with van der Waals surface area (Å²) in [7, 11) is 1.88. The summed E-state index contributed by atoms with van der Waals surface area (Å²) in [6.07, 6.45) is 4.34. The molecule has 116 valence electrons. The third-order valence-electron chi connectivity index (χ3n) is 4.77. The minimum Gasteiger partial charge on any atom is -0.336 e. The molecule has 6 heteroatoms. The maximum absolute atomic E-state index is 12.7. The number of pyridine rings is 1. The Labute approximate surface area is 129 Å². The minimum atomic E-state index is 0.0908. The fourth-order valence-corrected chi connectivity index (χ4v) is 3.34. The fraction of sp³-hybridized carbons (Fsp3) is 0.562. The van der Waals surface area contributed by atoms with Crippen molar-refractivity contribution >= 4 is 16.9 Å². The monoisotopic (exact) mass is 299 g/mol. The Hall–Kier alpha value is -1.95. The molecule has 3 heterocycles. The summed E-state index contributed by atoms with van der Waals surface area (Å²) in [6.45, 7) is 5.58. The molecule has 0 radical (unpaired) electrons. The Morgan fingerprint density at radius 2 is 1.95 bits per heavy atom. The number of amides is 1. The van der Waals surface area contributed by atoms with E-state index in [1.807, 2.05) is 24.9 Å². The van der Waals surface area contributed by atoms with E-state index in [1.54, 1.807) is 10.9 Å². The van der Waals surface area contributed by atoms with Crippen molar-refractivity contribution in [2.24, 2.45) is 7.05 Å². The van der Waals surface area contributed by atoms with Crippen molar-refractivity contribution < 1.29 is 4.79 Å². The molecule has 1 aliphatic carbocycles. The molecule has 0 bridgehead atoms. The smallest absolute Gasteiger partial charge is 0.255 e. The molecule has 0 aromatic carbocycles. The van der Waals surface area contributed by atoms with E-state index in [-0.39, 0.29) is 5.91 Å². The van der Waals surface area contributed by atoms with Crippen molar-refractivity contribution in [3.63, 3.8) is 0 Å². The van der Waals surface area contributed by atoms with E-state index in [9.17, 15) is 4.79 Å². The number of nitrogens with zero attached hydrogens (tertiary/aromatic N) is 5. The number of hydrogen-bond donors (Lipinski definition) is 0. The van der Waals surface area contributed by atoms with Gasteiger partial charge in [0.1, 0.15) is 0 Å². The van der Waals surface area contributed by atoms with E-state index >= 15 is 0 Å². The molecule has 2 aromatic heterocycles. The van der Waals surface area contributed by atoms with Crippen LogP contribution in [0.5, 0.6) is 0 Å². The van der Waals surface area contributed by atoms with E-state index in [4.69, 9.17) is 0 Å². The second kappa shape index (κ2) is 5.05. The van der Waals surface area contributed by atoms with Crippen LogP contribution in [0.1, 0.15) is 28.9 Å². The third kappa shape index (κ3) is 2.27. The van der Waals surface area contributed by atoms with E-state index in [1.165, 1.54) is 12.8 Å². The van der Waals surface area contributed by atoms with E-state index in [2.05, 4.69) is 15.0 Å². The van der Waals surface area contributed by atoms with Gasteiger partial charge in [-0.25, -0.2) is 4.98 Å². The SMILES string of the molecule is Cc1nn(C)c2ncc(C(=O)N3CCN(C4CC4)CC3)cc12. The molecule has 4 rings (SSSR count). The molecule has 1 amide bonds. The fourth-order valence-electron chi connectivity index (χ4n) is 3.34. The maximum Gasteiger partial charge on any atom is 0.255 e. The highest BCUT2D eigenvalue weighted by Crippen LogP contribution is 2.27. The molecular weight excluding hydrogens is 278 g/mol. The van der Waals surface area contributed by atoms with Gasteiger partial charge in [-0.15, -0.1) is 0 Å². The second-order valence-electron chi connectivity index (χ2n) is 6.36. The molecule has 2 fully saturated rings. The first-order valence-corrected chi connectivity index (χ1v) is 7.96. The van der Waals surface area contributed by atoms with Gasteiger partial charge in [-0.2, -0.15) is 5.10 Å². The highest BCUT2D eigenvalue weighted by Gasteiger charge is 2.32. The van der Waals surface area contributed by atoms with Gasteiger partial charge >= 0.3 is 0 Å². The number of carbonyl (C=O) groups excluding carboxylic acids is 1. The number of piperazine rings is 1. The lowest BCUT2D eigenvalue weighted by Crippen LogP contribution is -2.49. The zero-order valence-corrected chi connectivity index (χ0v) is 13.1. The predicted octanol–water partition coefficient (Wildman–Crippen LogP) is 1.20. The van der Waals surface area contributed by atoms with Crippen molar-refractivity contribution in [2.75, 3.05) is 26.2 Å². The number of fused-ring (bicyclic) bond motifs is 1. The average molecular weight is 299 g/mol. The van der Waals surface area contributed by atoms with Crippen LogP contribution >= 0.6 is 0 Å². The first kappa shape index (κ1) is 13.7. The molecule has 1 aliphatic heterocycles. The number of carbonyl (C=O) groups is 1. The summed E-state index contributed by atoms with van der Waals surface area (Å²) in [6, 6.07) is 2.72. The van der Waals surface area contributed by atoms with E-state index < -0.39 is 0 Å². The van der Waals surface area contributed by atoms with Gasteiger partial charge < -0.3 is 4.90 Å². The summed E-state index contributed by atoms with van der Waals surface area (Å²) >= 11 is 0. The minimum absolute atomic E-state index is 0.0908. The molecule has 22 heavy (non-hydrogen) atoms. The lowest BCUT2D eigenvalue weighted by atomic mass is 10.1. The van der Waals surface area contributed by atoms with Crippen LogP contribution in [0.25, 0.3) is 11.0 Å². The van der Waals surface area contributed by atoms with Crippen LogP contribution in [0.3, 0.4) is 0 Å². The molecule has 0 unspecified atom stereocenters. The summed E-state index contributed by atoms with van der Waals surface area (Å²) < 4.78 is 1.76. The van der Waals surface area contributed by atoms with Crippen molar-refractivity contribution in [1.82, 2.24) is 24.6 Å². The topological polar surface area (TPSA) is 54.3 Å². The normalized spacial score (nSPS) is 19.8. The summed E-state index contributed by atoms with van der Waals surface area (Å²) in [4.78, 5) is 21.6. The van der Waals surface area contributed by atoms with Crippen molar-refractivity contribution in [1.29, 1.82) is 0 Å². The Kier molecular flexibility index (Phi) is 3.14. The van der Waals surface area contributed by atoms with Crippen molar-refractivity contribution in [3.8, 4) is 0 Å². The van der Waals surface area contributed by atoms with Crippen LogP contribution in [0.15, 0.2) is 12.3 Å². The predicted molar refractivity (Wildman–Crippen MR) is 83.7 cm³/mol. The van der Waals surface area contributed by atoms with E-state index in [0.29, 0.717) is 5.56 Å². The summed E-state index contributed by atoms with van der Waals surface area (Å²) in [5, 5.41) is 5.32. The number of hydrogen-bond acceptors (Lipinski definition) is 4. The van der Waals surface area contributed by atoms with Gasteiger partial charge in [0.2, 0.25) is 0 Å². The highest BCUT2D eigenvalue weighted by molar-refractivity contribution is 5.97. The summed E-state index contributed by atoms with van der Waals surface area (Å²) in [5.41, 5.74) is 2.41. The highest BCUT2D eigenvalue weighted by atomic mass is 16.2. The largest absolute Gasteiger partial charge is 0.336 e. The number of aromatic nitrogens is 3. The van der Waals surface area contributed by atoms with E-state index in [0.717, 1.165) is 48.9 Å². The number of rotatable bonds is 2. The lowest BCUT2D eigenvalue weighted by Gasteiger charge is -2.34. The lowest BCUT2D eigenvalue weighted by molar-refractivity contribution is 0.0627. The number of aryl methyl sites for hydroxylation is 2. The van der Waals surface area contributed by atoms with Crippen LogP contribution in [-0.4, -0.2) is 62.7 Å². The van der Waals surface area contributed by atoms with Crippen LogP contribution in [-0.2, 0) is 7.05 Å². The van der Waals surface area contributed by atoms with Gasteiger partial charge in [0, 0.05) is 50.9 Å². The zero-order valence-electron chi connectivity index (χ0n) is 13.1. The molecule has 6 nitrogen and oxygen atoms in total. The quantitative estimate of drug-likeness (QED) is 0.836. The molecule has 0 spiro atoms. The Morgan fingerprint density at radius 3 is 2.64 bits per heavy atom.